The largest absolute Gasteiger partial charge is 0.494 e. The molecule has 4 aromatic heterocycles. The van der Waals surface area contributed by atoms with E-state index in [1.165, 1.54) is 42.7 Å². The van der Waals surface area contributed by atoms with Crippen LogP contribution in [0.25, 0.3) is 21.3 Å². The van der Waals surface area contributed by atoms with Crippen molar-refractivity contribution >= 4 is 73.8 Å². The van der Waals surface area contributed by atoms with E-state index < -0.39 is 17.7 Å². The van der Waals surface area contributed by atoms with Crippen LogP contribution in [-0.4, -0.2) is 186 Å². The SMILES string of the molecule is CCn1nc(C)cc1C(=O)Cc1nc2cc(C(N)=O)cc(OCCCNC(=O)CCOCCOCCOCCOCCOCCOCCN3C(=O)C=CC3=O)c2n1C/C=C/Cn1c(=NC(=O)c2cc(C)nn2CC)sc2cc(C(N)=O)cc(OC)c21. The van der Waals surface area contributed by atoms with E-state index in [2.05, 4.69) is 20.5 Å². The first kappa shape index (κ1) is 65.3. The number of carbonyl (C=O) groups is 7. The van der Waals surface area contributed by atoms with Crippen molar-refractivity contribution < 1.29 is 71.5 Å². The fourth-order valence-corrected chi connectivity index (χ4v) is 10.1. The van der Waals surface area contributed by atoms with Gasteiger partial charge in [0.05, 0.1) is 128 Å². The molecule has 6 amide bonds. The number of hydrogen-bond acceptors (Lipinski definition) is 19. The van der Waals surface area contributed by atoms with E-state index in [4.69, 9.17) is 54.3 Å². The number of ketones is 1. The lowest BCUT2D eigenvalue weighted by atomic mass is 10.1. The van der Waals surface area contributed by atoms with E-state index in [9.17, 15) is 33.6 Å². The van der Waals surface area contributed by atoms with Crippen LogP contribution in [0, 0.1) is 13.8 Å². The number of fused-ring (bicyclic) bond motifs is 2. The Hall–Kier alpha value is -8.25. The predicted molar refractivity (Wildman–Crippen MR) is 314 cm³/mol. The number of imide groups is 1. The minimum atomic E-state index is -0.712. The molecule has 2 aromatic carbocycles. The Bertz CT molecular complexity index is 3480. The standard InChI is InChI=1S/C58H74N12O15S/c1-6-69-43(31-38(3)64-69)45(71)37-49-62-42-33-40(55(59)75)35-47(85-18-10-14-61-50(72)13-19-79-21-23-81-25-27-83-29-30-84-28-26-82-24-22-80-20-17-67-51(73)11-12-52(67)74)53(42)66(49)15-8-9-16-68-54-46(78-5)34-41(56(60)76)36-48(54)86-58(68)63-57(77)44-32-39(4)65-70(44)7-2/h8-9,11-12,31-36H,6-7,10,13-30,37H2,1-5H3,(H2,59,75)(H2,60,76)(H,61,72)/b9-8+,63-58?. The number of carbonyl (C=O) groups excluding carboxylic acids is 7. The lowest BCUT2D eigenvalue weighted by Gasteiger charge is -2.13. The molecule has 5 N–H and O–H groups in total. The van der Waals surface area contributed by atoms with Crippen molar-refractivity contribution in [1.29, 1.82) is 0 Å². The Morgan fingerprint density at radius 1 is 0.651 bits per heavy atom. The van der Waals surface area contributed by atoms with Gasteiger partial charge in [-0.25, -0.2) is 4.98 Å². The van der Waals surface area contributed by atoms with Gasteiger partial charge in [-0.05, 0) is 70.5 Å². The highest BCUT2D eigenvalue weighted by atomic mass is 32.1. The van der Waals surface area contributed by atoms with Gasteiger partial charge in [0, 0.05) is 62.4 Å². The van der Waals surface area contributed by atoms with Gasteiger partial charge in [-0.1, -0.05) is 23.5 Å². The lowest BCUT2D eigenvalue weighted by Crippen LogP contribution is -2.33. The normalized spacial score (nSPS) is 12.7. The van der Waals surface area contributed by atoms with Gasteiger partial charge < -0.3 is 63.8 Å². The zero-order valence-corrected chi connectivity index (χ0v) is 49.9. The lowest BCUT2D eigenvalue weighted by molar-refractivity contribution is -0.137. The van der Waals surface area contributed by atoms with Crippen LogP contribution in [0.2, 0.25) is 0 Å². The number of aromatic nitrogens is 7. The number of hydrogen-bond donors (Lipinski definition) is 3. The highest BCUT2D eigenvalue weighted by Crippen LogP contribution is 2.32. The molecule has 0 unspecified atom stereocenters. The first-order valence-electron chi connectivity index (χ1n) is 28.2. The molecule has 0 radical (unpaired) electrons. The van der Waals surface area contributed by atoms with Crippen LogP contribution in [0.3, 0.4) is 0 Å². The average molecular weight is 1210 g/mol. The monoisotopic (exact) mass is 1210 g/mol. The van der Waals surface area contributed by atoms with Crippen LogP contribution in [0.4, 0.5) is 0 Å². The van der Waals surface area contributed by atoms with Crippen molar-refractivity contribution in [2.24, 2.45) is 16.5 Å². The van der Waals surface area contributed by atoms with Gasteiger partial charge in [-0.15, -0.1) is 0 Å². The summed E-state index contributed by atoms with van der Waals surface area (Å²) < 4.78 is 52.5. The Morgan fingerprint density at radius 3 is 1.77 bits per heavy atom. The van der Waals surface area contributed by atoms with Crippen molar-refractivity contribution in [2.45, 2.75) is 73.1 Å². The highest BCUT2D eigenvalue weighted by molar-refractivity contribution is 7.16. The van der Waals surface area contributed by atoms with Gasteiger partial charge in [0.2, 0.25) is 17.7 Å². The van der Waals surface area contributed by atoms with Crippen LogP contribution in [0.15, 0.2) is 65.7 Å². The Kier molecular flexibility index (Phi) is 25.0. The van der Waals surface area contributed by atoms with Gasteiger partial charge in [-0.2, -0.15) is 15.2 Å². The summed E-state index contributed by atoms with van der Waals surface area (Å²) in [6.07, 6.45) is 6.59. The van der Waals surface area contributed by atoms with Gasteiger partial charge in [-0.3, -0.25) is 47.8 Å². The third-order valence-corrected chi connectivity index (χ3v) is 14.2. The predicted octanol–water partition coefficient (Wildman–Crippen LogP) is 3.03. The summed E-state index contributed by atoms with van der Waals surface area (Å²) in [7, 11) is 1.47. The molecule has 0 atom stereocenters. The first-order valence-corrected chi connectivity index (χ1v) is 29.0. The number of rotatable bonds is 39. The number of amides is 6. The molecule has 1 aliphatic rings. The van der Waals surface area contributed by atoms with Crippen molar-refractivity contribution in [1.82, 2.24) is 43.9 Å². The number of aryl methyl sites for hydroxylation is 4. The van der Waals surface area contributed by atoms with Crippen LogP contribution >= 0.6 is 11.3 Å². The number of nitrogens with zero attached hydrogens (tertiary/aromatic N) is 9. The quantitative estimate of drug-likeness (QED) is 0.0216. The summed E-state index contributed by atoms with van der Waals surface area (Å²) >= 11 is 1.19. The number of imidazole rings is 1. The van der Waals surface area contributed by atoms with Gasteiger partial charge in [0.15, 0.2) is 10.6 Å². The average Bonchev–Trinajstić information content (AvgIpc) is 2.93. The van der Waals surface area contributed by atoms with Gasteiger partial charge in [0.25, 0.3) is 17.7 Å². The molecule has 7 rings (SSSR count). The van der Waals surface area contributed by atoms with E-state index in [1.54, 1.807) is 45.1 Å². The van der Waals surface area contributed by atoms with E-state index in [-0.39, 0.29) is 99.2 Å². The molecule has 6 aromatic rings. The summed E-state index contributed by atoms with van der Waals surface area (Å²) in [5, 5.41) is 11.8. The second kappa shape index (κ2) is 32.9. The smallest absolute Gasteiger partial charge is 0.297 e. The van der Waals surface area contributed by atoms with E-state index in [0.717, 1.165) is 4.90 Å². The molecule has 0 spiro atoms. The molecular weight excluding hydrogens is 1140 g/mol. The Labute approximate surface area is 499 Å². The van der Waals surface area contributed by atoms with Crippen molar-refractivity contribution in [3.63, 3.8) is 0 Å². The van der Waals surface area contributed by atoms with E-state index in [0.29, 0.717) is 146 Å². The molecular formula is C58H74N12O15S. The molecule has 0 bridgehead atoms. The first-order chi connectivity index (χ1) is 41.6. The molecule has 5 heterocycles. The molecule has 28 heteroatoms. The minimum absolute atomic E-state index is 0.125. The minimum Gasteiger partial charge on any atom is -0.494 e. The van der Waals surface area contributed by atoms with E-state index >= 15 is 0 Å². The highest BCUT2D eigenvalue weighted by Gasteiger charge is 2.25. The number of primary amides is 2. The third kappa shape index (κ3) is 18.1. The molecule has 0 saturated heterocycles. The summed E-state index contributed by atoms with van der Waals surface area (Å²) in [5.41, 5.74) is 15.4. The molecule has 86 heavy (non-hydrogen) atoms. The summed E-state index contributed by atoms with van der Waals surface area (Å²) in [4.78, 5) is 99.5. The number of allylic oxidation sites excluding steroid dienone is 2. The number of ether oxygens (including phenoxy) is 8. The maximum Gasteiger partial charge on any atom is 0.297 e. The number of Topliss-reactive ketones (excluding diaryl/α,β-unsaturated/α-hetero) is 1. The Morgan fingerprint density at radius 2 is 1.19 bits per heavy atom. The topological polar surface area (TPSA) is 331 Å². The van der Waals surface area contributed by atoms with Gasteiger partial charge >= 0.3 is 0 Å². The second-order valence-electron chi connectivity index (χ2n) is 19.3. The second-order valence-corrected chi connectivity index (χ2v) is 20.3. The molecule has 27 nitrogen and oxygen atoms in total. The maximum atomic E-state index is 14.1. The Balaban J connectivity index is 0.901. The molecule has 0 saturated carbocycles. The van der Waals surface area contributed by atoms with Crippen LogP contribution < -0.4 is 31.1 Å². The van der Waals surface area contributed by atoms with Gasteiger partial charge in [0.1, 0.15) is 39.7 Å². The number of nitrogens with two attached hydrogens (primary N) is 2. The molecule has 0 fully saturated rings. The summed E-state index contributed by atoms with van der Waals surface area (Å²) in [6, 6.07) is 9.65. The third-order valence-electron chi connectivity index (χ3n) is 13.2. The summed E-state index contributed by atoms with van der Waals surface area (Å²) in [5.74, 6) is -1.99. The molecule has 462 valence electrons. The number of methoxy groups -OCH3 is 1. The number of thiazole rings is 1. The summed E-state index contributed by atoms with van der Waals surface area (Å²) in [6.45, 7) is 13.3. The maximum absolute atomic E-state index is 14.1. The van der Waals surface area contributed by atoms with Crippen LogP contribution in [0.5, 0.6) is 11.5 Å². The number of benzene rings is 2. The van der Waals surface area contributed by atoms with Crippen LogP contribution in [0.1, 0.15) is 85.6 Å². The fraction of sp³-hybridized carbons (Fsp3) is 0.466. The zero-order valence-electron chi connectivity index (χ0n) is 49.0. The van der Waals surface area contributed by atoms with Crippen molar-refractivity contribution in [3.8, 4) is 11.5 Å². The fourth-order valence-electron chi connectivity index (χ4n) is 9.04. The molecule has 1 aliphatic heterocycles. The number of nitrogens with one attached hydrogen (secondary N) is 1. The zero-order chi connectivity index (χ0) is 61.5. The van der Waals surface area contributed by atoms with Crippen LogP contribution in [-0.2, 0) is 75.4 Å². The molecule has 0 aliphatic carbocycles. The van der Waals surface area contributed by atoms with Crippen molar-refractivity contribution in [3.05, 3.63) is 105 Å². The van der Waals surface area contributed by atoms with Crippen molar-refractivity contribution in [2.75, 3.05) is 106 Å². The van der Waals surface area contributed by atoms with E-state index in [1.807, 2.05) is 37.5 Å².